The van der Waals surface area contributed by atoms with E-state index in [4.69, 9.17) is 20.2 Å². The van der Waals surface area contributed by atoms with E-state index in [-0.39, 0.29) is 78.9 Å². The number of anilines is 4. The largest absolute Gasteiger partial charge is 0.481 e. The number of carboxylic acid groups (broad SMARTS) is 1. The number of nitrogens with two attached hydrogens (primary N) is 1. The number of hydrogen-bond donors (Lipinski definition) is 12. The number of carboxylic acids is 1. The monoisotopic (exact) mass is 1720 g/mol. The third-order valence-corrected chi connectivity index (χ3v) is 23.2. The van der Waals surface area contributed by atoms with Crippen molar-refractivity contribution in [2.75, 3.05) is 168 Å². The van der Waals surface area contributed by atoms with E-state index in [1.807, 2.05) is 78.3 Å². The number of aryl methyl sites for hydroxylation is 1. The number of rotatable bonds is 45. The fraction of sp³-hybridized carbons (Fsp3) is 0.494. The van der Waals surface area contributed by atoms with Gasteiger partial charge in [-0.15, -0.1) is 0 Å². The van der Waals surface area contributed by atoms with Gasteiger partial charge in [-0.1, -0.05) is 71.0 Å². The average molecular weight is 1720 g/mol. The third kappa shape index (κ3) is 26.4. The lowest BCUT2D eigenvalue weighted by Gasteiger charge is -2.37. The SMILES string of the molecule is CCCNC(=O)Nc1cccc(S(=O)(=O)Nc2cccc(C(CC(=O)O)NC(=O)Nc3ccc(NC(=O)NCCN(C)CCN(C)CCN(C)CC(=O)NCCN(C)CCN(C)CCN(C)CC(=O)NC(CC(N)=O)C(=O)N4CCCC4C(=O)NC(C(=O)OC4(CC)C(=O)OCc5c4cc4n(c5=O)Cc5c-4nc4ccccc4c5CC)C(C)C)cc3)c2)c1. The number of aromatic nitrogens is 2. The summed E-state index contributed by atoms with van der Waals surface area (Å²) >= 11 is 0. The summed E-state index contributed by atoms with van der Waals surface area (Å²) in [6.45, 7) is 16.7. The molecule has 38 heteroatoms. The topological polar surface area (TPSA) is 464 Å². The van der Waals surface area contributed by atoms with Gasteiger partial charge in [0.1, 0.15) is 24.7 Å². The van der Waals surface area contributed by atoms with E-state index in [0.29, 0.717) is 126 Å². The number of aliphatic carboxylic acids is 1. The van der Waals surface area contributed by atoms with Crippen molar-refractivity contribution in [1.29, 1.82) is 0 Å². The van der Waals surface area contributed by atoms with E-state index in [2.05, 4.69) is 72.2 Å². The zero-order valence-electron chi connectivity index (χ0n) is 71.9. The van der Waals surface area contributed by atoms with Gasteiger partial charge in [-0.3, -0.25) is 48.1 Å². The second kappa shape index (κ2) is 44.4. The van der Waals surface area contributed by atoms with Crippen molar-refractivity contribution in [2.45, 2.75) is 127 Å². The first kappa shape index (κ1) is 95.2. The number of carbonyl (C=O) groups is 11. The third-order valence-electron chi connectivity index (χ3n) is 21.8. The number of likely N-dealkylation sites (N-methyl/N-ethyl adjacent to an activating group) is 6. The lowest BCUT2D eigenvalue weighted by atomic mass is 9.85. The Morgan fingerprint density at radius 2 is 1.21 bits per heavy atom. The molecule has 1 fully saturated rings. The molecule has 1 saturated heterocycles. The summed E-state index contributed by atoms with van der Waals surface area (Å²) in [6, 6.07) is 20.7. The van der Waals surface area contributed by atoms with Crippen molar-refractivity contribution >= 4 is 109 Å². The predicted octanol–water partition coefficient (Wildman–Crippen LogP) is 3.88. The number of cyclic esters (lactones) is 1. The number of carbonyl (C=O) groups excluding carboxylic acids is 10. The molecule has 37 nitrogen and oxygen atoms in total. The first-order chi connectivity index (χ1) is 58.6. The van der Waals surface area contributed by atoms with Gasteiger partial charge in [0, 0.05) is 131 Å². The summed E-state index contributed by atoms with van der Waals surface area (Å²) in [7, 11) is 7.32. The summed E-state index contributed by atoms with van der Waals surface area (Å²) in [5, 5.41) is 35.3. The van der Waals surface area contributed by atoms with Gasteiger partial charge in [0.25, 0.3) is 15.6 Å². The maximum absolute atomic E-state index is 14.5. The molecular formula is C85H118N20O17S. The summed E-state index contributed by atoms with van der Waals surface area (Å²) in [4.78, 5) is 179. The van der Waals surface area contributed by atoms with Crippen molar-refractivity contribution in [3.63, 3.8) is 0 Å². The van der Waals surface area contributed by atoms with Crippen LogP contribution in [0.5, 0.6) is 0 Å². The van der Waals surface area contributed by atoms with Gasteiger partial charge in [0.2, 0.25) is 35.1 Å². The first-order valence-corrected chi connectivity index (χ1v) is 42.9. The van der Waals surface area contributed by atoms with E-state index in [9.17, 15) is 71.1 Å². The second-order valence-corrected chi connectivity index (χ2v) is 33.6. The molecule has 3 aliphatic rings. The van der Waals surface area contributed by atoms with Crippen molar-refractivity contribution in [2.24, 2.45) is 11.7 Å². The molecule has 11 amide bonds. The van der Waals surface area contributed by atoms with Crippen LogP contribution >= 0.6 is 0 Å². The second-order valence-electron chi connectivity index (χ2n) is 31.9. The number of pyridine rings is 2. The molecule has 0 aliphatic carbocycles. The number of nitrogens with zero attached hydrogens (tertiary/aromatic N) is 9. The molecule has 3 aliphatic heterocycles. The number of benzene rings is 4. The quantitative estimate of drug-likeness (QED) is 0.0241. The normalized spacial score (nSPS) is 15.5. The number of ether oxygens (including phenoxy) is 2. The van der Waals surface area contributed by atoms with Gasteiger partial charge in [-0.2, -0.15) is 0 Å². The highest BCUT2D eigenvalue weighted by Gasteiger charge is 2.52. The van der Waals surface area contributed by atoms with Crippen LogP contribution in [0.3, 0.4) is 0 Å². The Hall–Kier alpha value is -11.7. The Morgan fingerprint density at radius 3 is 1.82 bits per heavy atom. The minimum Gasteiger partial charge on any atom is -0.481 e. The minimum atomic E-state index is -4.18. The van der Waals surface area contributed by atoms with Crippen molar-refractivity contribution < 1.29 is 75.7 Å². The number of esters is 2. The zero-order chi connectivity index (χ0) is 89.4. The fourth-order valence-corrected chi connectivity index (χ4v) is 15.9. The van der Waals surface area contributed by atoms with Gasteiger partial charge in [-0.05, 0) is 158 Å². The number of hydrogen-bond acceptors (Lipinski definition) is 23. The highest BCUT2D eigenvalue weighted by atomic mass is 32.2. The Labute approximate surface area is 716 Å². The first-order valence-electron chi connectivity index (χ1n) is 41.5. The molecule has 2 aromatic heterocycles. The molecule has 5 unspecified atom stereocenters. The van der Waals surface area contributed by atoms with Crippen LogP contribution in [0.25, 0.3) is 22.3 Å². The molecule has 13 N–H and O–H groups in total. The van der Waals surface area contributed by atoms with Crippen LogP contribution in [0, 0.1) is 5.92 Å². The van der Waals surface area contributed by atoms with Gasteiger partial charge in [0.15, 0.2) is 0 Å². The molecule has 6 aromatic rings. The number of fused-ring (bicyclic) bond motifs is 5. The fourth-order valence-electron chi connectivity index (χ4n) is 14.8. The summed E-state index contributed by atoms with van der Waals surface area (Å²) in [6.07, 6.45) is 0.795. The molecule has 9 rings (SSSR count). The van der Waals surface area contributed by atoms with E-state index in [0.717, 1.165) is 28.6 Å². The lowest BCUT2D eigenvalue weighted by Crippen LogP contribution is -2.58. The summed E-state index contributed by atoms with van der Waals surface area (Å²) in [5.41, 5.74) is 8.67. The van der Waals surface area contributed by atoms with Crippen LogP contribution < -0.4 is 63.9 Å². The summed E-state index contributed by atoms with van der Waals surface area (Å²) in [5.74, 6) is -6.58. The number of urea groups is 3. The van der Waals surface area contributed by atoms with Gasteiger partial charge >= 0.3 is 36.0 Å². The maximum Gasteiger partial charge on any atom is 0.355 e. The van der Waals surface area contributed by atoms with Crippen molar-refractivity contribution in [1.82, 2.24) is 75.8 Å². The number of amides is 11. The van der Waals surface area contributed by atoms with Crippen molar-refractivity contribution in [3.8, 4) is 11.4 Å². The molecule has 0 bridgehead atoms. The molecule has 123 heavy (non-hydrogen) atoms. The Kier molecular flexibility index (Phi) is 34.4. The highest BCUT2D eigenvalue weighted by molar-refractivity contribution is 7.92. The number of nitrogens with one attached hydrogen (secondary N) is 10. The number of sulfonamides is 1. The van der Waals surface area contributed by atoms with E-state index in [1.54, 1.807) is 79.8 Å². The number of para-hydroxylation sites is 1. The van der Waals surface area contributed by atoms with E-state index < -0.39 is 124 Å². The number of primary amides is 1. The molecule has 5 heterocycles. The number of likely N-dealkylation sites (tertiary alicyclic amines) is 1. The minimum absolute atomic E-state index is 0.0994. The highest BCUT2D eigenvalue weighted by Crippen LogP contribution is 2.43. The van der Waals surface area contributed by atoms with Crippen LogP contribution in [0.4, 0.5) is 37.1 Å². The van der Waals surface area contributed by atoms with Crippen LogP contribution in [0.15, 0.2) is 113 Å². The van der Waals surface area contributed by atoms with E-state index in [1.165, 1.54) is 41.3 Å². The molecule has 0 saturated carbocycles. The van der Waals surface area contributed by atoms with Crippen LogP contribution in [-0.2, 0) is 83.0 Å². The Balaban J connectivity index is 0.619. The molecule has 5 atom stereocenters. The van der Waals surface area contributed by atoms with Gasteiger partial charge in [0.05, 0.1) is 65.9 Å². The molecule has 0 spiro atoms. The Morgan fingerprint density at radius 1 is 0.634 bits per heavy atom. The van der Waals surface area contributed by atoms with Gasteiger partial charge < -0.3 is 97.2 Å². The Bertz CT molecular complexity index is 4980. The molecule has 0 radical (unpaired) electrons. The van der Waals surface area contributed by atoms with Crippen LogP contribution in [-0.4, -0.2) is 288 Å². The van der Waals surface area contributed by atoms with E-state index >= 15 is 0 Å². The zero-order valence-corrected chi connectivity index (χ0v) is 72.7. The average Bonchev–Trinajstić information content (AvgIpc) is 1.62. The smallest absolute Gasteiger partial charge is 0.355 e. The molecule has 4 aromatic carbocycles. The van der Waals surface area contributed by atoms with Crippen LogP contribution in [0.1, 0.15) is 107 Å². The summed E-state index contributed by atoms with van der Waals surface area (Å²) < 4.78 is 42.7. The standard InChI is InChI=1S/C85H118N20O17S/c1-12-31-88-82(116)92-58-21-18-23-60(46-58)123(119,120)97-59-22-17-20-55(45-59)67(49-74(109)110)95-84(118)91-57-29-27-56(28-30-57)90-83(117)89-33-36-99(7)38-40-100(8)41-43-102(10)51-72(107)87-32-35-98(6)37-39-101(9)42-44-103(11)52-73(108)93-68(48-71(86)106)79(113)104-34-19-26-69(104)77(111)96-75(54(4)5)80(114)122-85(14-3)65-47-70-76-63(50-105(70)78(112)64(65)53-121-81(85)115)61(13-2)62-24-15-16-25-66(62)94-76/h15-18,20-25,27-30,45-47,54,67-69,75,97H,12-14,19,26,31-44,48-53H2,1-11H3,(H2,86,106)(H,87,107)(H,93,108)(H,96,111)(H,109,110)(H2,88,92,116)(H2,89,90,117)(H2,91,95,118). The van der Waals surface area contributed by atoms with Gasteiger partial charge in [-0.25, -0.2) is 37.4 Å². The lowest BCUT2D eigenvalue weighted by molar-refractivity contribution is -0.191. The maximum atomic E-state index is 14.5. The van der Waals surface area contributed by atoms with Crippen molar-refractivity contribution in [3.05, 3.63) is 141 Å². The van der Waals surface area contributed by atoms with Crippen LogP contribution in [0.2, 0.25) is 0 Å². The molecular weight excluding hydrogens is 1610 g/mol. The molecule has 666 valence electrons. The predicted molar refractivity (Wildman–Crippen MR) is 465 cm³/mol.